The average molecular weight is 295 g/mol. The molecule has 0 aliphatic heterocycles. The standard InChI is InChI=1S/C17H30N2S/c1-4-18-13-17(8-5-15(2)6-9-17)14-19(3)11-16-7-10-20-12-16/h7,10,12,15,18H,4-6,8-9,11,13-14H2,1-3H3. The second-order valence-electron chi connectivity index (χ2n) is 6.77. The molecule has 0 unspecified atom stereocenters. The lowest BCUT2D eigenvalue weighted by Gasteiger charge is -2.42. The van der Waals surface area contributed by atoms with Crippen molar-refractivity contribution >= 4 is 11.3 Å². The van der Waals surface area contributed by atoms with E-state index < -0.39 is 0 Å². The molecule has 1 aromatic rings. The molecule has 0 aromatic carbocycles. The summed E-state index contributed by atoms with van der Waals surface area (Å²) in [6.45, 7) is 9.21. The smallest absolute Gasteiger partial charge is 0.0239 e. The third-order valence-corrected chi connectivity index (χ3v) is 5.45. The molecule has 1 heterocycles. The average Bonchev–Trinajstić information content (AvgIpc) is 2.92. The van der Waals surface area contributed by atoms with E-state index in [9.17, 15) is 0 Å². The summed E-state index contributed by atoms with van der Waals surface area (Å²) < 4.78 is 0. The zero-order chi connectivity index (χ0) is 14.4. The Kier molecular flexibility index (Phi) is 6.06. The van der Waals surface area contributed by atoms with Crippen LogP contribution < -0.4 is 5.32 Å². The van der Waals surface area contributed by atoms with Crippen molar-refractivity contribution in [1.82, 2.24) is 10.2 Å². The molecule has 3 heteroatoms. The van der Waals surface area contributed by atoms with Gasteiger partial charge in [-0.2, -0.15) is 11.3 Å². The van der Waals surface area contributed by atoms with E-state index in [0.29, 0.717) is 5.41 Å². The normalized spacial score (nSPS) is 27.1. The van der Waals surface area contributed by atoms with Crippen LogP contribution in [0.15, 0.2) is 16.8 Å². The molecule has 1 saturated carbocycles. The highest BCUT2D eigenvalue weighted by molar-refractivity contribution is 7.07. The van der Waals surface area contributed by atoms with Crippen LogP contribution in [-0.4, -0.2) is 31.6 Å². The zero-order valence-electron chi connectivity index (χ0n) is 13.3. The molecule has 0 amide bonds. The van der Waals surface area contributed by atoms with Crippen LogP contribution in [0, 0.1) is 11.3 Å². The molecular weight excluding hydrogens is 264 g/mol. The van der Waals surface area contributed by atoms with Gasteiger partial charge in [-0.1, -0.05) is 26.7 Å². The summed E-state index contributed by atoms with van der Waals surface area (Å²) in [4.78, 5) is 2.52. The predicted molar refractivity (Wildman–Crippen MR) is 89.3 cm³/mol. The second-order valence-corrected chi connectivity index (χ2v) is 7.55. The maximum Gasteiger partial charge on any atom is 0.0239 e. The minimum absolute atomic E-state index is 0.493. The fourth-order valence-corrected chi connectivity index (χ4v) is 4.14. The largest absolute Gasteiger partial charge is 0.316 e. The van der Waals surface area contributed by atoms with Crippen molar-refractivity contribution in [1.29, 1.82) is 0 Å². The number of hydrogen-bond donors (Lipinski definition) is 1. The molecule has 114 valence electrons. The minimum atomic E-state index is 0.493. The molecular formula is C17H30N2S. The quantitative estimate of drug-likeness (QED) is 0.818. The molecule has 1 aliphatic rings. The van der Waals surface area contributed by atoms with Crippen molar-refractivity contribution < 1.29 is 0 Å². The highest BCUT2D eigenvalue weighted by Gasteiger charge is 2.34. The van der Waals surface area contributed by atoms with Gasteiger partial charge in [0, 0.05) is 19.6 Å². The Labute approximate surface area is 128 Å². The Hall–Kier alpha value is -0.380. The van der Waals surface area contributed by atoms with Crippen molar-refractivity contribution in [3.63, 3.8) is 0 Å². The van der Waals surface area contributed by atoms with Gasteiger partial charge in [-0.15, -0.1) is 0 Å². The van der Waals surface area contributed by atoms with Gasteiger partial charge in [0.1, 0.15) is 0 Å². The zero-order valence-corrected chi connectivity index (χ0v) is 14.1. The van der Waals surface area contributed by atoms with Gasteiger partial charge in [-0.3, -0.25) is 0 Å². The van der Waals surface area contributed by atoms with E-state index in [1.807, 2.05) is 0 Å². The highest BCUT2D eigenvalue weighted by Crippen LogP contribution is 2.39. The van der Waals surface area contributed by atoms with Crippen LogP contribution >= 0.6 is 11.3 Å². The highest BCUT2D eigenvalue weighted by atomic mass is 32.1. The van der Waals surface area contributed by atoms with Crippen LogP contribution in [0.2, 0.25) is 0 Å². The Morgan fingerprint density at radius 1 is 1.40 bits per heavy atom. The molecule has 0 saturated heterocycles. The SMILES string of the molecule is CCNCC1(CN(C)Cc2ccsc2)CCC(C)CC1. The van der Waals surface area contributed by atoms with Crippen molar-refractivity contribution in [2.75, 3.05) is 26.7 Å². The maximum absolute atomic E-state index is 3.61. The lowest BCUT2D eigenvalue weighted by atomic mass is 9.70. The van der Waals surface area contributed by atoms with E-state index in [0.717, 1.165) is 19.0 Å². The molecule has 1 aliphatic carbocycles. The molecule has 0 radical (unpaired) electrons. The number of nitrogens with one attached hydrogen (secondary N) is 1. The molecule has 1 aromatic heterocycles. The molecule has 2 rings (SSSR count). The third kappa shape index (κ3) is 4.57. The number of thiophene rings is 1. The van der Waals surface area contributed by atoms with Crippen LogP contribution in [0.4, 0.5) is 0 Å². The lowest BCUT2D eigenvalue weighted by Crippen LogP contribution is -2.45. The van der Waals surface area contributed by atoms with Crippen LogP contribution in [0.5, 0.6) is 0 Å². The summed E-state index contributed by atoms with van der Waals surface area (Å²) in [5.74, 6) is 0.923. The molecule has 0 bridgehead atoms. The summed E-state index contributed by atoms with van der Waals surface area (Å²) in [5, 5.41) is 8.07. The first-order chi connectivity index (χ1) is 9.63. The molecule has 0 spiro atoms. The number of hydrogen-bond acceptors (Lipinski definition) is 3. The van der Waals surface area contributed by atoms with Gasteiger partial charge in [-0.05, 0) is 60.2 Å². The van der Waals surface area contributed by atoms with Crippen LogP contribution in [0.1, 0.15) is 45.1 Å². The van der Waals surface area contributed by atoms with Crippen molar-refractivity contribution in [2.45, 2.75) is 46.1 Å². The Bertz CT molecular complexity index is 361. The van der Waals surface area contributed by atoms with Crippen molar-refractivity contribution in [2.24, 2.45) is 11.3 Å². The Morgan fingerprint density at radius 3 is 2.75 bits per heavy atom. The van der Waals surface area contributed by atoms with Gasteiger partial charge in [-0.25, -0.2) is 0 Å². The fourth-order valence-electron chi connectivity index (χ4n) is 3.48. The first-order valence-corrected chi connectivity index (χ1v) is 8.98. The molecule has 2 nitrogen and oxygen atoms in total. The van der Waals surface area contributed by atoms with Crippen molar-refractivity contribution in [3.05, 3.63) is 22.4 Å². The van der Waals surface area contributed by atoms with Gasteiger partial charge in [0.05, 0.1) is 0 Å². The van der Waals surface area contributed by atoms with Crippen LogP contribution in [0.3, 0.4) is 0 Å². The molecule has 1 N–H and O–H groups in total. The van der Waals surface area contributed by atoms with Crippen LogP contribution in [0.25, 0.3) is 0 Å². The first kappa shape index (κ1) is 16.0. The van der Waals surface area contributed by atoms with Gasteiger partial charge in [0.15, 0.2) is 0 Å². The summed E-state index contributed by atoms with van der Waals surface area (Å²) >= 11 is 1.80. The fraction of sp³-hybridized carbons (Fsp3) is 0.765. The van der Waals surface area contributed by atoms with E-state index in [-0.39, 0.29) is 0 Å². The van der Waals surface area contributed by atoms with E-state index in [2.05, 4.69) is 47.9 Å². The summed E-state index contributed by atoms with van der Waals surface area (Å²) in [7, 11) is 2.28. The Morgan fingerprint density at radius 2 is 2.15 bits per heavy atom. The topological polar surface area (TPSA) is 15.3 Å². The van der Waals surface area contributed by atoms with E-state index in [1.165, 1.54) is 44.3 Å². The Balaban J connectivity index is 1.92. The van der Waals surface area contributed by atoms with E-state index >= 15 is 0 Å². The molecule has 1 fully saturated rings. The summed E-state index contributed by atoms with van der Waals surface area (Å²) in [6.07, 6.45) is 5.57. The van der Waals surface area contributed by atoms with Crippen LogP contribution in [-0.2, 0) is 6.54 Å². The third-order valence-electron chi connectivity index (χ3n) is 4.72. The van der Waals surface area contributed by atoms with E-state index in [1.54, 1.807) is 11.3 Å². The monoisotopic (exact) mass is 294 g/mol. The number of nitrogens with zero attached hydrogens (tertiary/aromatic N) is 1. The second kappa shape index (κ2) is 7.58. The molecule has 20 heavy (non-hydrogen) atoms. The maximum atomic E-state index is 3.61. The number of rotatable bonds is 7. The van der Waals surface area contributed by atoms with Crippen molar-refractivity contribution in [3.8, 4) is 0 Å². The molecule has 0 atom stereocenters. The first-order valence-electron chi connectivity index (χ1n) is 8.04. The summed E-state index contributed by atoms with van der Waals surface area (Å²) in [6, 6.07) is 2.25. The van der Waals surface area contributed by atoms with Gasteiger partial charge >= 0.3 is 0 Å². The lowest BCUT2D eigenvalue weighted by molar-refractivity contribution is 0.0964. The van der Waals surface area contributed by atoms with Gasteiger partial charge < -0.3 is 10.2 Å². The minimum Gasteiger partial charge on any atom is -0.316 e. The van der Waals surface area contributed by atoms with Gasteiger partial charge in [0.2, 0.25) is 0 Å². The van der Waals surface area contributed by atoms with Gasteiger partial charge in [0.25, 0.3) is 0 Å². The summed E-state index contributed by atoms with van der Waals surface area (Å²) in [5.41, 5.74) is 1.95. The van der Waals surface area contributed by atoms with E-state index in [4.69, 9.17) is 0 Å². The predicted octanol–water partition coefficient (Wildman–Crippen LogP) is 3.99.